The Balaban J connectivity index is 1.80. The fourth-order valence-corrected chi connectivity index (χ4v) is 2.52. The van der Waals surface area contributed by atoms with Crippen molar-refractivity contribution in [2.75, 3.05) is 7.05 Å². The van der Waals surface area contributed by atoms with Gasteiger partial charge in [-0.25, -0.2) is 0 Å². The molecule has 0 unspecified atom stereocenters. The van der Waals surface area contributed by atoms with Crippen LogP contribution in [0.1, 0.15) is 16.8 Å². The van der Waals surface area contributed by atoms with Crippen molar-refractivity contribution in [1.29, 1.82) is 0 Å². The van der Waals surface area contributed by atoms with Crippen molar-refractivity contribution < 1.29 is 4.79 Å². The molecule has 0 saturated carbocycles. The summed E-state index contributed by atoms with van der Waals surface area (Å²) in [6.45, 7) is 0. The highest BCUT2D eigenvalue weighted by molar-refractivity contribution is 5.91. The molecule has 0 radical (unpaired) electrons. The number of rotatable bonds is 4. The molecule has 0 aliphatic rings. The van der Waals surface area contributed by atoms with Crippen molar-refractivity contribution in [3.8, 4) is 0 Å². The maximum atomic E-state index is 11.2. The van der Waals surface area contributed by atoms with Gasteiger partial charge in [0.2, 0.25) is 5.91 Å². The molecule has 0 saturated heterocycles. The predicted octanol–water partition coefficient (Wildman–Crippen LogP) is 3.58. The first kappa shape index (κ1) is 15.0. The number of likely N-dealkylation sites (N-methyl/N-ethyl adjacent to an activating group) is 1. The maximum Gasteiger partial charge on any atom is 0.243 e. The van der Waals surface area contributed by atoms with Crippen LogP contribution in [0.25, 0.3) is 16.8 Å². The van der Waals surface area contributed by atoms with E-state index < -0.39 is 0 Å². The highest BCUT2D eigenvalue weighted by Gasteiger charge is 2.03. The Hall–Kier alpha value is -2.94. The third-order valence-electron chi connectivity index (χ3n) is 3.78. The number of pyridine rings is 1. The van der Waals surface area contributed by atoms with Crippen molar-refractivity contribution in [3.05, 3.63) is 83.7 Å². The predicted molar refractivity (Wildman–Crippen MR) is 94.1 cm³/mol. The molecular weight excluding hydrogens is 284 g/mol. The molecule has 0 bridgehead atoms. The maximum absolute atomic E-state index is 11.2. The van der Waals surface area contributed by atoms with Crippen molar-refractivity contribution in [2.24, 2.45) is 0 Å². The molecule has 23 heavy (non-hydrogen) atoms. The van der Waals surface area contributed by atoms with E-state index in [2.05, 4.69) is 34.6 Å². The van der Waals surface area contributed by atoms with Crippen LogP contribution in [-0.4, -0.2) is 17.9 Å². The van der Waals surface area contributed by atoms with Crippen LogP contribution in [0, 0.1) is 0 Å². The summed E-state index contributed by atoms with van der Waals surface area (Å²) in [5, 5.41) is 4.97. The Bertz CT molecular complexity index is 846. The number of hydrogen-bond acceptors (Lipinski definition) is 2. The normalized spacial score (nSPS) is 11.0. The molecule has 0 aliphatic heterocycles. The zero-order chi connectivity index (χ0) is 16.1. The van der Waals surface area contributed by atoms with Gasteiger partial charge < -0.3 is 5.32 Å². The molecule has 3 nitrogen and oxygen atoms in total. The van der Waals surface area contributed by atoms with Gasteiger partial charge in [-0.2, -0.15) is 0 Å². The molecule has 0 spiro atoms. The molecule has 114 valence electrons. The largest absolute Gasteiger partial charge is 0.356 e. The van der Waals surface area contributed by atoms with E-state index in [4.69, 9.17) is 0 Å². The first-order valence-electron chi connectivity index (χ1n) is 7.57. The zero-order valence-corrected chi connectivity index (χ0v) is 13.0. The lowest BCUT2D eigenvalue weighted by Gasteiger charge is -2.06. The molecule has 1 N–H and O–H groups in total. The molecule has 0 atom stereocenters. The number of amides is 1. The summed E-state index contributed by atoms with van der Waals surface area (Å²) in [6, 6.07) is 18.5. The van der Waals surface area contributed by atoms with Crippen molar-refractivity contribution in [3.63, 3.8) is 0 Å². The van der Waals surface area contributed by atoms with Crippen LogP contribution < -0.4 is 5.32 Å². The van der Waals surface area contributed by atoms with E-state index >= 15 is 0 Å². The van der Waals surface area contributed by atoms with E-state index in [9.17, 15) is 4.79 Å². The van der Waals surface area contributed by atoms with Crippen molar-refractivity contribution >= 4 is 22.8 Å². The number of nitrogens with one attached hydrogen (secondary N) is 1. The van der Waals surface area contributed by atoms with Crippen LogP contribution in [0.5, 0.6) is 0 Å². The molecule has 1 amide bonds. The van der Waals surface area contributed by atoms with E-state index in [-0.39, 0.29) is 5.91 Å². The molecule has 0 aliphatic carbocycles. The van der Waals surface area contributed by atoms with Crippen LogP contribution in [0.4, 0.5) is 0 Å². The van der Waals surface area contributed by atoms with Gasteiger partial charge in [-0.3, -0.25) is 9.78 Å². The Morgan fingerprint density at radius 2 is 1.87 bits per heavy atom. The van der Waals surface area contributed by atoms with Gasteiger partial charge in [0.25, 0.3) is 0 Å². The molecular formula is C20H18N2O. The molecule has 0 fully saturated rings. The standard InChI is InChI=1S/C20H18N2O/c1-21-20(23)11-10-15-6-8-16(9-7-15)14-19-18-5-3-2-4-17(18)12-13-22-19/h2-13H,14H2,1H3,(H,21,23)/b11-10+. The molecule has 3 rings (SSSR count). The fraction of sp³-hybridized carbons (Fsp3) is 0.100. The lowest BCUT2D eigenvalue weighted by Crippen LogP contribution is -2.13. The van der Waals surface area contributed by atoms with Crippen molar-refractivity contribution in [1.82, 2.24) is 10.3 Å². The first-order chi connectivity index (χ1) is 11.3. The molecule has 1 aromatic heterocycles. The van der Waals surface area contributed by atoms with Gasteiger partial charge in [-0.1, -0.05) is 48.5 Å². The summed E-state index contributed by atoms with van der Waals surface area (Å²) in [7, 11) is 1.62. The number of carbonyl (C=O) groups is 1. The Kier molecular flexibility index (Phi) is 4.48. The van der Waals surface area contributed by atoms with Gasteiger partial charge in [-0.05, 0) is 28.7 Å². The summed E-state index contributed by atoms with van der Waals surface area (Å²) in [5.41, 5.74) is 3.28. The molecule has 3 aromatic rings. The van der Waals surface area contributed by atoms with E-state index in [0.29, 0.717) is 0 Å². The van der Waals surface area contributed by atoms with Gasteiger partial charge in [0.05, 0.1) is 5.69 Å². The average Bonchev–Trinajstić information content (AvgIpc) is 2.61. The minimum absolute atomic E-state index is 0.103. The number of aromatic nitrogens is 1. The van der Waals surface area contributed by atoms with Crippen LogP contribution in [0.3, 0.4) is 0 Å². The van der Waals surface area contributed by atoms with Gasteiger partial charge in [0.15, 0.2) is 0 Å². The number of hydrogen-bond donors (Lipinski definition) is 1. The Morgan fingerprint density at radius 1 is 1.09 bits per heavy atom. The average molecular weight is 302 g/mol. The summed E-state index contributed by atoms with van der Waals surface area (Å²) in [5.74, 6) is -0.103. The summed E-state index contributed by atoms with van der Waals surface area (Å²) in [4.78, 5) is 15.7. The Labute approximate surface area is 135 Å². The molecule has 3 heteroatoms. The lowest BCUT2D eigenvalue weighted by molar-refractivity contribution is -0.115. The summed E-state index contributed by atoms with van der Waals surface area (Å²) >= 11 is 0. The number of nitrogens with zero attached hydrogens (tertiary/aromatic N) is 1. The monoisotopic (exact) mass is 302 g/mol. The number of carbonyl (C=O) groups excluding carboxylic acids is 1. The second-order valence-electron chi connectivity index (χ2n) is 5.34. The molecule has 2 aromatic carbocycles. The SMILES string of the molecule is CNC(=O)/C=C/c1ccc(Cc2nccc3ccccc23)cc1. The van der Waals surface area contributed by atoms with Crippen LogP contribution in [0.2, 0.25) is 0 Å². The second-order valence-corrected chi connectivity index (χ2v) is 5.34. The smallest absolute Gasteiger partial charge is 0.243 e. The highest BCUT2D eigenvalue weighted by atomic mass is 16.1. The summed E-state index contributed by atoms with van der Waals surface area (Å²) < 4.78 is 0. The fourth-order valence-electron chi connectivity index (χ4n) is 2.52. The van der Waals surface area contributed by atoms with Gasteiger partial charge in [0, 0.05) is 31.1 Å². The van der Waals surface area contributed by atoms with E-state index in [1.807, 2.05) is 36.5 Å². The lowest BCUT2D eigenvalue weighted by atomic mass is 10.0. The molecule has 1 heterocycles. The van der Waals surface area contributed by atoms with Crippen molar-refractivity contribution in [2.45, 2.75) is 6.42 Å². The minimum atomic E-state index is -0.103. The summed E-state index contributed by atoms with van der Waals surface area (Å²) in [6.07, 6.45) is 5.99. The van der Waals surface area contributed by atoms with E-state index in [1.54, 1.807) is 13.1 Å². The topological polar surface area (TPSA) is 42.0 Å². The first-order valence-corrected chi connectivity index (χ1v) is 7.57. The van der Waals surface area contributed by atoms with Crippen LogP contribution >= 0.6 is 0 Å². The van der Waals surface area contributed by atoms with Gasteiger partial charge in [0.1, 0.15) is 0 Å². The van der Waals surface area contributed by atoms with Crippen LogP contribution in [-0.2, 0) is 11.2 Å². The van der Waals surface area contributed by atoms with E-state index in [1.165, 1.54) is 22.4 Å². The van der Waals surface area contributed by atoms with Crippen LogP contribution in [0.15, 0.2) is 66.9 Å². The highest BCUT2D eigenvalue weighted by Crippen LogP contribution is 2.19. The quantitative estimate of drug-likeness (QED) is 0.748. The third-order valence-corrected chi connectivity index (χ3v) is 3.78. The second kappa shape index (κ2) is 6.88. The minimum Gasteiger partial charge on any atom is -0.356 e. The third kappa shape index (κ3) is 3.64. The number of fused-ring (bicyclic) bond motifs is 1. The zero-order valence-electron chi connectivity index (χ0n) is 13.0. The Morgan fingerprint density at radius 3 is 2.65 bits per heavy atom. The number of benzene rings is 2. The van der Waals surface area contributed by atoms with E-state index in [0.717, 1.165) is 17.7 Å². The van der Waals surface area contributed by atoms with Gasteiger partial charge >= 0.3 is 0 Å². The van der Waals surface area contributed by atoms with Gasteiger partial charge in [-0.15, -0.1) is 0 Å².